The quantitative estimate of drug-likeness (QED) is 0.470. The molecule has 4 rings (SSSR count). The lowest BCUT2D eigenvalue weighted by molar-refractivity contribution is -0.143. The van der Waals surface area contributed by atoms with Gasteiger partial charge in [0.2, 0.25) is 5.88 Å². The lowest BCUT2D eigenvalue weighted by Crippen LogP contribution is -2.59. The topological polar surface area (TPSA) is 136 Å². The maximum absolute atomic E-state index is 12.9. The van der Waals surface area contributed by atoms with Crippen LogP contribution in [-0.2, 0) is 16.1 Å². The average Bonchev–Trinajstić information content (AvgIpc) is 3.26. The molecule has 3 heterocycles. The maximum Gasteiger partial charge on any atom is 0.411 e. The fraction of sp³-hybridized carbons (Fsp3) is 0.440. The van der Waals surface area contributed by atoms with Gasteiger partial charge in [0, 0.05) is 24.7 Å². The summed E-state index contributed by atoms with van der Waals surface area (Å²) in [5.74, 6) is -0.511. The fourth-order valence-corrected chi connectivity index (χ4v) is 3.95. The standard InChI is InChI=1S/C25H29F2N7O5/c1-15-19(34(31-28-15)17-7-5-16(6-8-17)22(26)27)14-38-21-10-9-20(29-30-21)32-11-12-33(18(13-32)23(35)36)24(37)39-25(2,3)4/h5-10,18,22H,11-14H2,1-4H3,(H,35,36)/t18-/m0/s1. The van der Waals surface area contributed by atoms with Crippen molar-refractivity contribution in [3.05, 3.63) is 53.3 Å². The van der Waals surface area contributed by atoms with E-state index in [2.05, 4.69) is 20.5 Å². The molecule has 208 valence electrons. The number of amides is 1. The summed E-state index contributed by atoms with van der Waals surface area (Å²) >= 11 is 0. The number of hydrogen-bond acceptors (Lipinski definition) is 9. The van der Waals surface area contributed by atoms with E-state index >= 15 is 0 Å². The van der Waals surface area contributed by atoms with Crippen LogP contribution < -0.4 is 9.64 Å². The Labute approximate surface area is 223 Å². The van der Waals surface area contributed by atoms with E-state index in [0.29, 0.717) is 29.4 Å². The number of rotatable bonds is 7. The van der Waals surface area contributed by atoms with Gasteiger partial charge in [0.15, 0.2) is 5.82 Å². The van der Waals surface area contributed by atoms with E-state index in [1.54, 1.807) is 44.7 Å². The van der Waals surface area contributed by atoms with E-state index in [1.165, 1.54) is 33.8 Å². The van der Waals surface area contributed by atoms with Crippen molar-refractivity contribution in [2.75, 3.05) is 24.5 Å². The third kappa shape index (κ3) is 6.56. The van der Waals surface area contributed by atoms with Gasteiger partial charge in [-0.15, -0.1) is 15.3 Å². The molecule has 14 heteroatoms. The van der Waals surface area contributed by atoms with E-state index in [0.717, 1.165) is 0 Å². The van der Waals surface area contributed by atoms with Crippen molar-refractivity contribution in [1.29, 1.82) is 0 Å². The van der Waals surface area contributed by atoms with Crippen LogP contribution in [0.1, 0.15) is 44.1 Å². The summed E-state index contributed by atoms with van der Waals surface area (Å²) < 4.78 is 38.4. The van der Waals surface area contributed by atoms with Crippen LogP contribution in [0.25, 0.3) is 5.69 Å². The lowest BCUT2D eigenvalue weighted by Gasteiger charge is -2.39. The van der Waals surface area contributed by atoms with Crippen LogP contribution in [0.3, 0.4) is 0 Å². The zero-order valence-corrected chi connectivity index (χ0v) is 21.9. The molecule has 2 aromatic heterocycles. The zero-order valence-electron chi connectivity index (χ0n) is 21.9. The Hall–Kier alpha value is -4.36. The molecule has 1 fully saturated rings. The largest absolute Gasteiger partial charge is 0.480 e. The molecule has 1 aromatic carbocycles. The van der Waals surface area contributed by atoms with E-state index in [1.807, 2.05) is 0 Å². The second-order valence-electron chi connectivity index (χ2n) is 9.92. The molecule has 1 amide bonds. The number of aliphatic carboxylic acids is 1. The number of carboxylic acids is 1. The highest BCUT2D eigenvalue weighted by Crippen LogP contribution is 2.23. The molecule has 1 N–H and O–H groups in total. The number of piperazine rings is 1. The normalized spacial score (nSPS) is 15.9. The molecular weight excluding hydrogens is 516 g/mol. The van der Waals surface area contributed by atoms with Crippen LogP contribution in [0.2, 0.25) is 0 Å². The van der Waals surface area contributed by atoms with Crippen LogP contribution in [0.15, 0.2) is 36.4 Å². The zero-order chi connectivity index (χ0) is 28.3. The molecule has 12 nitrogen and oxygen atoms in total. The van der Waals surface area contributed by atoms with Gasteiger partial charge in [-0.2, -0.15) is 0 Å². The molecule has 1 aliphatic heterocycles. The molecule has 39 heavy (non-hydrogen) atoms. The monoisotopic (exact) mass is 545 g/mol. The number of aromatic nitrogens is 5. The predicted octanol–water partition coefficient (Wildman–Crippen LogP) is 3.39. The number of alkyl halides is 2. The summed E-state index contributed by atoms with van der Waals surface area (Å²) in [6.07, 6.45) is -3.25. The first-order valence-corrected chi connectivity index (χ1v) is 12.2. The van der Waals surface area contributed by atoms with Crippen molar-refractivity contribution in [3.63, 3.8) is 0 Å². The Morgan fingerprint density at radius 3 is 2.38 bits per heavy atom. The minimum absolute atomic E-state index is 0.0118. The SMILES string of the molecule is Cc1nnn(-c2ccc(C(F)F)cc2)c1COc1ccc(N2CCN(C(=O)OC(C)(C)C)[C@H](C(=O)O)C2)nn1. The summed E-state index contributed by atoms with van der Waals surface area (Å²) in [5, 5.41) is 26.1. The van der Waals surface area contributed by atoms with Gasteiger partial charge in [-0.1, -0.05) is 17.3 Å². The van der Waals surface area contributed by atoms with Gasteiger partial charge in [-0.25, -0.2) is 23.1 Å². The number of benzene rings is 1. The second kappa shape index (κ2) is 11.2. The molecule has 1 atom stereocenters. The van der Waals surface area contributed by atoms with E-state index in [9.17, 15) is 23.5 Å². The second-order valence-corrected chi connectivity index (χ2v) is 9.92. The van der Waals surface area contributed by atoms with Gasteiger partial charge < -0.3 is 19.5 Å². The minimum atomic E-state index is -2.57. The molecule has 0 saturated carbocycles. The lowest BCUT2D eigenvalue weighted by atomic mass is 10.1. The molecule has 0 aliphatic carbocycles. The van der Waals surface area contributed by atoms with Crippen molar-refractivity contribution in [2.45, 2.75) is 52.4 Å². The molecule has 1 aliphatic rings. The fourth-order valence-electron chi connectivity index (χ4n) is 3.95. The number of hydrogen-bond donors (Lipinski definition) is 1. The number of nitrogens with zero attached hydrogens (tertiary/aromatic N) is 7. The summed E-state index contributed by atoms with van der Waals surface area (Å²) in [5.41, 5.74) is 0.917. The highest BCUT2D eigenvalue weighted by Gasteiger charge is 2.38. The Kier molecular flexibility index (Phi) is 7.93. The van der Waals surface area contributed by atoms with Crippen LogP contribution in [0, 0.1) is 6.92 Å². The average molecular weight is 546 g/mol. The first-order valence-electron chi connectivity index (χ1n) is 12.2. The number of aryl methyl sites for hydroxylation is 1. The summed E-state index contributed by atoms with van der Waals surface area (Å²) in [6.45, 7) is 7.43. The van der Waals surface area contributed by atoms with Crippen LogP contribution in [0.4, 0.5) is 19.4 Å². The van der Waals surface area contributed by atoms with Gasteiger partial charge in [0.25, 0.3) is 6.43 Å². The third-order valence-electron chi connectivity index (χ3n) is 5.95. The van der Waals surface area contributed by atoms with Crippen molar-refractivity contribution >= 4 is 17.9 Å². The number of carboxylic acid groups (broad SMARTS) is 1. The smallest absolute Gasteiger partial charge is 0.411 e. The van der Waals surface area contributed by atoms with Gasteiger partial charge >= 0.3 is 12.1 Å². The summed E-state index contributed by atoms with van der Waals surface area (Å²) in [6, 6.07) is 7.84. The number of halogens is 2. The molecule has 0 unspecified atom stereocenters. The predicted molar refractivity (Wildman–Crippen MR) is 134 cm³/mol. The van der Waals surface area contributed by atoms with E-state index < -0.39 is 30.1 Å². The Morgan fingerprint density at radius 2 is 1.79 bits per heavy atom. The molecule has 1 saturated heterocycles. The van der Waals surface area contributed by atoms with E-state index in [4.69, 9.17) is 9.47 Å². The highest BCUT2D eigenvalue weighted by molar-refractivity contribution is 5.81. The number of ether oxygens (including phenoxy) is 2. The van der Waals surface area contributed by atoms with Crippen molar-refractivity contribution in [3.8, 4) is 11.6 Å². The van der Waals surface area contributed by atoms with Crippen molar-refractivity contribution < 1.29 is 33.0 Å². The Balaban J connectivity index is 1.41. The van der Waals surface area contributed by atoms with Gasteiger partial charge in [-0.05, 0) is 45.9 Å². The van der Waals surface area contributed by atoms with Crippen LogP contribution >= 0.6 is 0 Å². The highest BCUT2D eigenvalue weighted by atomic mass is 19.3. The molecule has 3 aromatic rings. The Morgan fingerprint density at radius 1 is 1.08 bits per heavy atom. The molecular formula is C25H29F2N7O5. The number of carbonyl (C=O) groups is 2. The maximum atomic E-state index is 12.9. The van der Waals surface area contributed by atoms with Gasteiger partial charge in [0.05, 0.1) is 17.9 Å². The summed E-state index contributed by atoms with van der Waals surface area (Å²) in [7, 11) is 0. The molecule has 0 spiro atoms. The van der Waals surface area contributed by atoms with E-state index in [-0.39, 0.29) is 31.1 Å². The number of anilines is 1. The third-order valence-corrected chi connectivity index (χ3v) is 5.95. The Bertz CT molecular complexity index is 1310. The van der Waals surface area contributed by atoms with Crippen LogP contribution in [-0.4, -0.2) is 78.5 Å². The van der Waals surface area contributed by atoms with Gasteiger partial charge in [0.1, 0.15) is 23.9 Å². The van der Waals surface area contributed by atoms with Crippen molar-refractivity contribution in [1.82, 2.24) is 30.1 Å². The molecule has 0 bridgehead atoms. The van der Waals surface area contributed by atoms with Crippen molar-refractivity contribution in [2.24, 2.45) is 0 Å². The number of carbonyl (C=O) groups excluding carboxylic acids is 1. The minimum Gasteiger partial charge on any atom is -0.480 e. The van der Waals surface area contributed by atoms with Gasteiger partial charge in [-0.3, -0.25) is 4.90 Å². The van der Waals surface area contributed by atoms with Crippen LogP contribution in [0.5, 0.6) is 5.88 Å². The first kappa shape index (κ1) is 27.7. The molecule has 0 radical (unpaired) electrons. The summed E-state index contributed by atoms with van der Waals surface area (Å²) in [4.78, 5) is 27.3. The first-order chi connectivity index (χ1) is 18.4.